The molecule has 0 saturated carbocycles. The van der Waals surface area contributed by atoms with E-state index in [0.717, 1.165) is 36.6 Å². The molecule has 2 fully saturated rings. The molecule has 6 rings (SSSR count). The van der Waals surface area contributed by atoms with Crippen LogP contribution in [0.2, 0.25) is 0 Å². The van der Waals surface area contributed by atoms with Crippen LogP contribution in [0.25, 0.3) is 0 Å². The number of fused-ring (bicyclic) bond motifs is 3. The second-order valence-corrected chi connectivity index (χ2v) is 12.0. The molecule has 0 radical (unpaired) electrons. The molecule has 2 aromatic heterocycles. The van der Waals surface area contributed by atoms with Crippen molar-refractivity contribution in [3.8, 4) is 5.88 Å². The molecule has 1 aliphatic carbocycles. The van der Waals surface area contributed by atoms with Gasteiger partial charge in [-0.05, 0) is 36.1 Å². The molecule has 5 heterocycles. The van der Waals surface area contributed by atoms with Gasteiger partial charge in [-0.15, -0.1) is 0 Å². The summed E-state index contributed by atoms with van der Waals surface area (Å²) < 4.78 is 36.3. The predicted molar refractivity (Wildman–Crippen MR) is 139 cm³/mol. The third-order valence-electron chi connectivity index (χ3n) is 7.46. The molecule has 0 N–H and O–H groups in total. The Hall–Kier alpha value is -3.31. The Morgan fingerprint density at radius 2 is 1.86 bits per heavy atom. The number of piperidine rings is 1. The van der Waals surface area contributed by atoms with Crippen molar-refractivity contribution in [2.24, 2.45) is 11.8 Å². The van der Waals surface area contributed by atoms with Crippen molar-refractivity contribution >= 4 is 21.6 Å². The van der Waals surface area contributed by atoms with Gasteiger partial charge < -0.3 is 19.3 Å². The van der Waals surface area contributed by atoms with Crippen LogP contribution >= 0.6 is 0 Å². The molecule has 2 bridgehead atoms. The van der Waals surface area contributed by atoms with Crippen molar-refractivity contribution in [2.45, 2.75) is 31.9 Å². The van der Waals surface area contributed by atoms with Gasteiger partial charge in [0, 0.05) is 55.8 Å². The first-order valence-corrected chi connectivity index (χ1v) is 14.5. The number of allylic oxidation sites excluding steroid dienone is 1. The van der Waals surface area contributed by atoms with E-state index >= 15 is 0 Å². The minimum atomic E-state index is -3.24. The van der Waals surface area contributed by atoms with Crippen LogP contribution < -0.4 is 14.5 Å². The minimum absolute atomic E-state index is 0.00312. The molecule has 0 amide bonds. The van der Waals surface area contributed by atoms with Crippen LogP contribution in [0, 0.1) is 11.8 Å². The van der Waals surface area contributed by atoms with Crippen LogP contribution in [-0.2, 0) is 21.0 Å². The molecular formula is C26H30N6O4S. The fourth-order valence-corrected chi connectivity index (χ4v) is 6.25. The highest BCUT2D eigenvalue weighted by Crippen LogP contribution is 2.36. The fraction of sp³-hybridized carbons (Fsp3) is 0.462. The monoisotopic (exact) mass is 522 g/mol. The summed E-state index contributed by atoms with van der Waals surface area (Å²) in [4.78, 5) is 22.7. The quantitative estimate of drug-likeness (QED) is 0.560. The molecule has 2 aromatic rings. The summed E-state index contributed by atoms with van der Waals surface area (Å²) in [5.74, 6) is 2.33. The Labute approximate surface area is 216 Å². The molecule has 194 valence electrons. The lowest BCUT2D eigenvalue weighted by atomic mass is 9.84. The zero-order valence-corrected chi connectivity index (χ0v) is 21.7. The maximum Gasteiger partial charge on any atom is 0.225 e. The number of anilines is 2. The van der Waals surface area contributed by atoms with E-state index in [1.165, 1.54) is 12.6 Å². The summed E-state index contributed by atoms with van der Waals surface area (Å²) in [6, 6.07) is 1.86. The molecule has 10 nitrogen and oxygen atoms in total. The molecule has 4 aliphatic rings. The molecule has 0 spiro atoms. The highest BCUT2D eigenvalue weighted by molar-refractivity contribution is 7.94. The summed E-state index contributed by atoms with van der Waals surface area (Å²) in [6.45, 7) is 4.83. The number of sulfone groups is 1. The van der Waals surface area contributed by atoms with E-state index in [1.807, 2.05) is 35.6 Å². The second-order valence-electron chi connectivity index (χ2n) is 10.0. The van der Waals surface area contributed by atoms with Crippen molar-refractivity contribution in [1.29, 1.82) is 0 Å². The second kappa shape index (κ2) is 9.53. The number of hydrogen-bond donors (Lipinski definition) is 0. The predicted octanol–water partition coefficient (Wildman–Crippen LogP) is 2.32. The topological polar surface area (TPSA) is 111 Å². The third-order valence-corrected chi connectivity index (χ3v) is 8.60. The van der Waals surface area contributed by atoms with Gasteiger partial charge in [0.2, 0.25) is 11.8 Å². The van der Waals surface area contributed by atoms with Crippen LogP contribution in [0.4, 0.5) is 11.8 Å². The Balaban J connectivity index is 1.16. The highest BCUT2D eigenvalue weighted by Gasteiger charge is 2.43. The fourth-order valence-electron chi connectivity index (χ4n) is 5.51. The van der Waals surface area contributed by atoms with Gasteiger partial charge in [0.05, 0.1) is 24.2 Å². The first-order chi connectivity index (χ1) is 17.9. The van der Waals surface area contributed by atoms with Crippen molar-refractivity contribution in [1.82, 2.24) is 19.9 Å². The SMILES string of the molecule is CCc1cnc(N2CC3COCC(C2)C3Oc2cc(N3C=CC4=CC(S(C)(=O)=O)=CCC43)ncn2)nc1. The van der Waals surface area contributed by atoms with Crippen molar-refractivity contribution in [3.63, 3.8) is 0 Å². The Morgan fingerprint density at radius 3 is 2.57 bits per heavy atom. The molecular weight excluding hydrogens is 492 g/mol. The number of aryl methyl sites for hydroxylation is 1. The van der Waals surface area contributed by atoms with Gasteiger partial charge in [-0.2, -0.15) is 0 Å². The van der Waals surface area contributed by atoms with Gasteiger partial charge in [-0.1, -0.05) is 13.0 Å². The number of nitrogens with zero attached hydrogens (tertiary/aromatic N) is 6. The van der Waals surface area contributed by atoms with Crippen LogP contribution in [0.1, 0.15) is 18.9 Å². The molecule has 0 aromatic carbocycles. The zero-order valence-electron chi connectivity index (χ0n) is 20.9. The van der Waals surface area contributed by atoms with Crippen molar-refractivity contribution < 1.29 is 17.9 Å². The lowest BCUT2D eigenvalue weighted by Crippen LogP contribution is -2.58. The molecule has 11 heteroatoms. The molecule has 3 atom stereocenters. The minimum Gasteiger partial charge on any atom is -0.473 e. The first kappa shape index (κ1) is 24.1. The van der Waals surface area contributed by atoms with Crippen molar-refractivity contribution in [2.75, 3.05) is 42.4 Å². The largest absolute Gasteiger partial charge is 0.473 e. The normalized spacial score (nSPS) is 27.0. The number of ether oxygens (including phenoxy) is 2. The number of aromatic nitrogens is 4. The van der Waals surface area contributed by atoms with Crippen LogP contribution in [-0.4, -0.2) is 73.1 Å². The average molecular weight is 523 g/mol. The van der Waals surface area contributed by atoms with Crippen LogP contribution in [0.3, 0.4) is 0 Å². The third kappa shape index (κ3) is 4.73. The van der Waals surface area contributed by atoms with Crippen LogP contribution in [0.15, 0.2) is 59.7 Å². The Bertz CT molecular complexity index is 1360. The maximum absolute atomic E-state index is 12.0. The van der Waals surface area contributed by atoms with E-state index in [4.69, 9.17) is 9.47 Å². The van der Waals surface area contributed by atoms with E-state index in [0.29, 0.717) is 36.2 Å². The van der Waals surface area contributed by atoms with E-state index in [2.05, 4.69) is 31.8 Å². The first-order valence-electron chi connectivity index (χ1n) is 12.6. The van der Waals surface area contributed by atoms with E-state index in [-0.39, 0.29) is 24.0 Å². The molecule has 3 aliphatic heterocycles. The molecule has 37 heavy (non-hydrogen) atoms. The van der Waals surface area contributed by atoms with Gasteiger partial charge in [0.15, 0.2) is 9.84 Å². The van der Waals surface area contributed by atoms with Gasteiger partial charge >= 0.3 is 0 Å². The number of hydrogen-bond acceptors (Lipinski definition) is 10. The Morgan fingerprint density at radius 1 is 1.11 bits per heavy atom. The summed E-state index contributed by atoms with van der Waals surface area (Å²) >= 11 is 0. The average Bonchev–Trinajstić information content (AvgIpc) is 3.32. The zero-order chi connectivity index (χ0) is 25.6. The molecule has 3 unspecified atom stereocenters. The standard InChI is InChI=1S/C26H30N6O4S/c1-3-17-10-27-26(28-11-17)31-12-19-14-35-15-20(13-31)25(19)36-24-9-23(29-16-30-24)32-7-6-18-8-21(37(2,33)34)4-5-22(18)32/h4,6-11,16,19-20,22,25H,3,5,12-15H2,1-2H3. The number of rotatable bonds is 6. The van der Waals surface area contributed by atoms with Crippen LogP contribution in [0.5, 0.6) is 5.88 Å². The van der Waals surface area contributed by atoms with Crippen molar-refractivity contribution in [3.05, 3.63) is 65.3 Å². The lowest BCUT2D eigenvalue weighted by molar-refractivity contribution is -0.0769. The van der Waals surface area contributed by atoms with Gasteiger partial charge in [0.1, 0.15) is 18.2 Å². The lowest BCUT2D eigenvalue weighted by Gasteiger charge is -2.46. The highest BCUT2D eigenvalue weighted by atomic mass is 32.2. The Kier molecular flexibility index (Phi) is 6.20. The molecule has 2 saturated heterocycles. The summed E-state index contributed by atoms with van der Waals surface area (Å²) in [7, 11) is -3.24. The van der Waals surface area contributed by atoms with Gasteiger partial charge in [-0.25, -0.2) is 28.4 Å². The smallest absolute Gasteiger partial charge is 0.225 e. The van der Waals surface area contributed by atoms with Gasteiger partial charge in [0.25, 0.3) is 0 Å². The van der Waals surface area contributed by atoms with Gasteiger partial charge in [-0.3, -0.25) is 0 Å². The summed E-state index contributed by atoms with van der Waals surface area (Å²) in [5.41, 5.74) is 2.08. The van der Waals surface area contributed by atoms with E-state index < -0.39 is 9.84 Å². The van der Waals surface area contributed by atoms with E-state index in [9.17, 15) is 8.42 Å². The summed E-state index contributed by atoms with van der Waals surface area (Å²) in [5, 5.41) is 0. The van der Waals surface area contributed by atoms with E-state index in [1.54, 1.807) is 12.2 Å². The maximum atomic E-state index is 12.0. The summed E-state index contributed by atoms with van der Waals surface area (Å²) in [6.07, 6.45) is 15.4.